The molecule has 0 amide bonds. The second-order valence-corrected chi connectivity index (χ2v) is 10.5. The molecule has 6 aromatic rings. The van der Waals surface area contributed by atoms with Crippen molar-refractivity contribution in [3.05, 3.63) is 139 Å². The van der Waals surface area contributed by atoms with Crippen LogP contribution in [-0.2, 0) is 7.05 Å². The van der Waals surface area contributed by atoms with E-state index in [1.807, 2.05) is 0 Å². The first-order valence-electron chi connectivity index (χ1n) is 13.0. The van der Waals surface area contributed by atoms with Crippen LogP contribution in [0.2, 0.25) is 0 Å². The zero-order chi connectivity index (χ0) is 29.0. The number of nitrogens with zero attached hydrogens (tertiary/aromatic N) is 1. The van der Waals surface area contributed by atoms with Gasteiger partial charge in [-0.3, -0.25) is 0 Å². The standard InChI is InChI=1S/C35H28N.ClHO4/c1-25-17-19-26(20-18-25)30-23-32(27-11-5-3-6-12-27)34(33(24-30)28-13-7-4-8-14-28)35-31-16-10-9-15-29(31)21-22-36(35)2;2-1(3,4)5/h3-24H,1-2H3;(H,2,3,4,5)/q+1;/p-1. The van der Waals surface area contributed by atoms with Crippen molar-refractivity contribution in [1.29, 1.82) is 0 Å². The summed E-state index contributed by atoms with van der Waals surface area (Å²) in [7, 11) is -2.79. The quantitative estimate of drug-likeness (QED) is 0.305. The van der Waals surface area contributed by atoms with Gasteiger partial charge in [0.15, 0.2) is 6.20 Å². The van der Waals surface area contributed by atoms with Gasteiger partial charge in [0.25, 0.3) is 0 Å². The van der Waals surface area contributed by atoms with E-state index in [1.165, 1.54) is 61.0 Å². The minimum Gasteiger partial charge on any atom is -0.222 e. The van der Waals surface area contributed by atoms with Gasteiger partial charge in [-0.15, -0.1) is 10.2 Å². The molecule has 1 heterocycles. The highest BCUT2D eigenvalue weighted by molar-refractivity contribution is 6.03. The van der Waals surface area contributed by atoms with Gasteiger partial charge in [-0.2, -0.15) is 0 Å². The number of hydrogen-bond donors (Lipinski definition) is 0. The molecular weight excluding hydrogens is 534 g/mol. The van der Waals surface area contributed by atoms with Gasteiger partial charge in [0.2, 0.25) is 5.69 Å². The van der Waals surface area contributed by atoms with Crippen LogP contribution in [0, 0.1) is 17.2 Å². The van der Waals surface area contributed by atoms with E-state index in [2.05, 4.69) is 152 Å². The molecule has 0 aliphatic heterocycles. The maximum atomic E-state index is 8.49. The molecule has 0 saturated heterocycles. The van der Waals surface area contributed by atoms with Gasteiger partial charge in [0.05, 0.1) is 10.9 Å². The summed E-state index contributed by atoms with van der Waals surface area (Å²) in [4.78, 5) is 0. The van der Waals surface area contributed by atoms with Gasteiger partial charge in [-0.05, 0) is 63.9 Å². The molecule has 6 rings (SSSR count). The zero-order valence-electron chi connectivity index (χ0n) is 22.7. The van der Waals surface area contributed by atoms with Gasteiger partial charge in [0, 0.05) is 6.07 Å². The van der Waals surface area contributed by atoms with Gasteiger partial charge >= 0.3 is 0 Å². The maximum Gasteiger partial charge on any atom is 0.221 e. The van der Waals surface area contributed by atoms with Crippen molar-refractivity contribution in [2.45, 2.75) is 6.92 Å². The highest BCUT2D eigenvalue weighted by Gasteiger charge is 2.24. The first-order valence-corrected chi connectivity index (χ1v) is 14.3. The first-order chi connectivity index (χ1) is 19.7. The summed E-state index contributed by atoms with van der Waals surface area (Å²) in [6.07, 6.45) is 2.18. The molecule has 0 radical (unpaired) electrons. The number of aromatic nitrogens is 1. The van der Waals surface area contributed by atoms with E-state index in [0.717, 1.165) is 0 Å². The largest absolute Gasteiger partial charge is 0.222 e. The van der Waals surface area contributed by atoms with Crippen molar-refractivity contribution >= 4 is 10.8 Å². The molecule has 0 aliphatic rings. The predicted octanol–water partition coefficient (Wildman–Crippen LogP) is 3.88. The molecule has 0 spiro atoms. The van der Waals surface area contributed by atoms with Crippen LogP contribution in [0.3, 0.4) is 0 Å². The van der Waals surface area contributed by atoms with Gasteiger partial charge in [-0.25, -0.2) is 23.2 Å². The van der Waals surface area contributed by atoms with Crippen molar-refractivity contribution in [3.8, 4) is 44.6 Å². The fourth-order valence-electron chi connectivity index (χ4n) is 5.13. The Balaban J connectivity index is 0.000000623. The highest BCUT2D eigenvalue weighted by Crippen LogP contribution is 2.44. The van der Waals surface area contributed by atoms with Crippen LogP contribution in [0.1, 0.15) is 5.56 Å². The molecule has 0 fully saturated rings. The van der Waals surface area contributed by atoms with Crippen LogP contribution in [-0.4, -0.2) is 0 Å². The molecule has 6 heteroatoms. The Labute approximate surface area is 241 Å². The third-order valence-electron chi connectivity index (χ3n) is 6.98. The average molecular weight is 562 g/mol. The number of pyridine rings is 1. The van der Waals surface area contributed by atoms with E-state index >= 15 is 0 Å². The lowest BCUT2D eigenvalue weighted by atomic mass is 9.85. The van der Waals surface area contributed by atoms with Crippen LogP contribution in [0.15, 0.2) is 134 Å². The summed E-state index contributed by atoms with van der Waals surface area (Å²) in [5.41, 5.74) is 11.1. The Morgan fingerprint density at radius 2 is 1.02 bits per heavy atom. The summed E-state index contributed by atoms with van der Waals surface area (Å²) >= 11 is 0. The normalized spacial score (nSPS) is 11.2. The lowest BCUT2D eigenvalue weighted by Crippen LogP contribution is -2.68. The molecule has 41 heavy (non-hydrogen) atoms. The van der Waals surface area contributed by atoms with E-state index in [-0.39, 0.29) is 0 Å². The SMILES string of the molecule is Cc1ccc(-c2cc(-c3ccccc3)c(-c3c4ccccc4cc[n+]3C)c(-c3ccccc3)c2)cc1.[O-][Cl+3]([O-])([O-])[O-]. The first kappa shape index (κ1) is 28.2. The highest BCUT2D eigenvalue weighted by atomic mass is 35.7. The molecular formula is C35H28ClNO4. The van der Waals surface area contributed by atoms with Crippen LogP contribution in [0.4, 0.5) is 0 Å². The Morgan fingerprint density at radius 3 is 1.56 bits per heavy atom. The molecule has 0 unspecified atom stereocenters. The predicted molar refractivity (Wildman–Crippen MR) is 152 cm³/mol. The van der Waals surface area contributed by atoms with Crippen molar-refractivity contribution in [2.75, 3.05) is 0 Å². The summed E-state index contributed by atoms with van der Waals surface area (Å²) < 4.78 is 36.2. The Kier molecular flexibility index (Phi) is 8.26. The Bertz CT molecular complexity index is 1720. The fourth-order valence-corrected chi connectivity index (χ4v) is 5.13. The summed E-state index contributed by atoms with van der Waals surface area (Å²) in [5.74, 6) is 0. The molecule has 0 saturated carbocycles. The molecule has 0 bridgehead atoms. The molecule has 1 aromatic heterocycles. The lowest BCUT2D eigenvalue weighted by Gasteiger charge is -2.18. The minimum absolute atomic E-state index is 1.21. The van der Waals surface area contributed by atoms with E-state index in [9.17, 15) is 0 Å². The summed E-state index contributed by atoms with van der Waals surface area (Å²) in [6, 6.07) is 46.0. The number of halogens is 1. The van der Waals surface area contributed by atoms with Crippen molar-refractivity contribution in [1.82, 2.24) is 0 Å². The number of rotatable bonds is 4. The molecule has 0 aliphatic carbocycles. The monoisotopic (exact) mass is 561 g/mol. The van der Waals surface area contributed by atoms with Crippen molar-refractivity contribution in [2.24, 2.45) is 7.05 Å². The molecule has 0 N–H and O–H groups in total. The second-order valence-electron chi connectivity index (χ2n) is 9.78. The fraction of sp³-hybridized carbons (Fsp3) is 0.0571. The molecule has 204 valence electrons. The molecule has 0 atom stereocenters. The van der Waals surface area contributed by atoms with Crippen LogP contribution < -0.4 is 23.2 Å². The number of benzene rings is 5. The molecule has 5 aromatic carbocycles. The van der Waals surface area contributed by atoms with E-state index in [0.29, 0.717) is 0 Å². The van der Waals surface area contributed by atoms with E-state index in [4.69, 9.17) is 18.6 Å². The van der Waals surface area contributed by atoms with Crippen LogP contribution >= 0.6 is 0 Å². The number of fused-ring (bicyclic) bond motifs is 1. The Morgan fingerprint density at radius 1 is 0.537 bits per heavy atom. The maximum absolute atomic E-state index is 8.49. The third kappa shape index (κ3) is 6.69. The Hall–Kier alpha value is -4.36. The minimum atomic E-state index is -4.94. The van der Waals surface area contributed by atoms with Crippen molar-refractivity contribution in [3.63, 3.8) is 0 Å². The zero-order valence-corrected chi connectivity index (χ0v) is 23.4. The summed E-state index contributed by atoms with van der Waals surface area (Å²) in [6.45, 7) is 2.14. The van der Waals surface area contributed by atoms with Crippen LogP contribution in [0.5, 0.6) is 0 Å². The lowest BCUT2D eigenvalue weighted by molar-refractivity contribution is -2.00. The second kappa shape index (κ2) is 12.0. The van der Waals surface area contributed by atoms with Gasteiger partial charge < -0.3 is 0 Å². The number of hydrogen-bond acceptors (Lipinski definition) is 4. The molecule has 5 nitrogen and oxygen atoms in total. The number of aryl methyl sites for hydroxylation is 2. The van der Waals surface area contributed by atoms with Gasteiger partial charge in [0.1, 0.15) is 7.05 Å². The third-order valence-corrected chi connectivity index (χ3v) is 6.98. The smallest absolute Gasteiger partial charge is 0.221 e. The topological polar surface area (TPSA) is 96.1 Å². The summed E-state index contributed by atoms with van der Waals surface area (Å²) in [5, 5.41) is 2.49. The van der Waals surface area contributed by atoms with Crippen LogP contribution in [0.25, 0.3) is 55.4 Å². The van der Waals surface area contributed by atoms with E-state index < -0.39 is 10.2 Å². The average Bonchev–Trinajstić information content (AvgIpc) is 2.97. The van der Waals surface area contributed by atoms with Gasteiger partial charge in [-0.1, -0.05) is 109 Å². The van der Waals surface area contributed by atoms with E-state index in [1.54, 1.807) is 0 Å². The van der Waals surface area contributed by atoms with Crippen molar-refractivity contribution < 1.29 is 33.4 Å².